The molecule has 1 aliphatic heterocycles. The lowest BCUT2D eigenvalue weighted by Crippen LogP contribution is -2.26. The summed E-state index contributed by atoms with van der Waals surface area (Å²) in [6, 6.07) is 10.0. The van der Waals surface area contributed by atoms with Gasteiger partial charge in [0.25, 0.3) is 0 Å². The Hall–Kier alpha value is -1.39. The van der Waals surface area contributed by atoms with Gasteiger partial charge in [-0.1, -0.05) is 23.9 Å². The molecule has 4 heteroatoms. The minimum Gasteiger partial charge on any atom is -0.317 e. The second-order valence-electron chi connectivity index (χ2n) is 5.67. The van der Waals surface area contributed by atoms with Crippen molar-refractivity contribution in [1.82, 2.24) is 5.32 Å². The number of benzene rings is 2. The second kappa shape index (κ2) is 6.80. The van der Waals surface area contributed by atoms with Gasteiger partial charge >= 0.3 is 0 Å². The largest absolute Gasteiger partial charge is 0.317 e. The molecule has 0 atom stereocenters. The molecule has 2 aromatic carbocycles. The summed E-state index contributed by atoms with van der Waals surface area (Å²) in [5.41, 5.74) is 1.80. The Morgan fingerprint density at radius 3 is 2.59 bits per heavy atom. The maximum atomic E-state index is 13.7. The molecule has 0 aliphatic carbocycles. The van der Waals surface area contributed by atoms with E-state index in [1.54, 1.807) is 19.1 Å². The van der Waals surface area contributed by atoms with Gasteiger partial charge in [-0.25, -0.2) is 8.78 Å². The number of rotatable bonds is 3. The lowest BCUT2D eigenvalue weighted by atomic mass is 9.90. The number of piperidine rings is 1. The molecule has 1 N–H and O–H groups in total. The minimum absolute atomic E-state index is 0.218. The smallest absolute Gasteiger partial charge is 0.127 e. The van der Waals surface area contributed by atoms with E-state index in [-0.39, 0.29) is 11.6 Å². The van der Waals surface area contributed by atoms with Crippen LogP contribution in [0.15, 0.2) is 46.2 Å². The first kappa shape index (κ1) is 15.5. The van der Waals surface area contributed by atoms with Crippen molar-refractivity contribution in [2.45, 2.75) is 35.5 Å². The maximum absolute atomic E-state index is 13.7. The summed E-state index contributed by atoms with van der Waals surface area (Å²) in [5.74, 6) is -0.0164. The molecule has 1 heterocycles. The molecule has 0 amide bonds. The molecular weight excluding hydrogens is 300 g/mol. The Morgan fingerprint density at radius 1 is 1.05 bits per heavy atom. The zero-order chi connectivity index (χ0) is 15.5. The fourth-order valence-electron chi connectivity index (χ4n) is 2.88. The zero-order valence-electron chi connectivity index (χ0n) is 12.5. The fraction of sp³-hybridized carbons (Fsp3) is 0.333. The van der Waals surface area contributed by atoms with Crippen LogP contribution in [0.3, 0.4) is 0 Å². The first-order valence-corrected chi connectivity index (χ1v) is 8.40. The number of hydrogen-bond acceptors (Lipinski definition) is 2. The van der Waals surface area contributed by atoms with Gasteiger partial charge in [-0.3, -0.25) is 0 Å². The van der Waals surface area contributed by atoms with Crippen LogP contribution in [0.5, 0.6) is 0 Å². The Morgan fingerprint density at radius 2 is 1.82 bits per heavy atom. The Balaban J connectivity index is 1.95. The van der Waals surface area contributed by atoms with Gasteiger partial charge < -0.3 is 5.32 Å². The molecule has 0 spiro atoms. The molecule has 0 unspecified atom stereocenters. The normalized spacial score (nSPS) is 16.0. The van der Waals surface area contributed by atoms with Crippen molar-refractivity contribution in [1.29, 1.82) is 0 Å². The van der Waals surface area contributed by atoms with Crippen LogP contribution in [0.25, 0.3) is 0 Å². The molecule has 0 aromatic heterocycles. The Kier molecular flexibility index (Phi) is 4.79. The highest BCUT2D eigenvalue weighted by Gasteiger charge is 2.19. The van der Waals surface area contributed by atoms with E-state index in [0.29, 0.717) is 11.5 Å². The van der Waals surface area contributed by atoms with Gasteiger partial charge in [-0.05, 0) is 74.2 Å². The van der Waals surface area contributed by atoms with E-state index >= 15 is 0 Å². The van der Waals surface area contributed by atoms with Crippen molar-refractivity contribution < 1.29 is 8.78 Å². The summed E-state index contributed by atoms with van der Waals surface area (Å²) in [6.45, 7) is 3.75. The topological polar surface area (TPSA) is 12.0 Å². The number of nitrogens with one attached hydrogen (secondary N) is 1. The van der Waals surface area contributed by atoms with Crippen molar-refractivity contribution in [2.75, 3.05) is 13.1 Å². The molecule has 116 valence electrons. The van der Waals surface area contributed by atoms with Crippen molar-refractivity contribution in [3.8, 4) is 0 Å². The van der Waals surface area contributed by atoms with Crippen molar-refractivity contribution >= 4 is 11.8 Å². The third-order valence-electron chi connectivity index (χ3n) is 4.19. The van der Waals surface area contributed by atoms with E-state index < -0.39 is 0 Å². The van der Waals surface area contributed by atoms with Crippen LogP contribution in [0.2, 0.25) is 0 Å². The zero-order valence-corrected chi connectivity index (χ0v) is 13.4. The Labute approximate surface area is 134 Å². The molecule has 1 aliphatic rings. The molecule has 0 radical (unpaired) electrons. The summed E-state index contributed by atoms with van der Waals surface area (Å²) in [7, 11) is 0. The summed E-state index contributed by atoms with van der Waals surface area (Å²) >= 11 is 1.46. The quantitative estimate of drug-likeness (QED) is 0.864. The summed E-state index contributed by atoms with van der Waals surface area (Å²) in [5, 5.41) is 3.35. The van der Waals surface area contributed by atoms with Crippen molar-refractivity contribution in [3.05, 3.63) is 59.2 Å². The summed E-state index contributed by atoms with van der Waals surface area (Å²) in [6.07, 6.45) is 2.11. The molecule has 0 saturated carbocycles. The highest BCUT2D eigenvalue weighted by atomic mass is 32.2. The van der Waals surface area contributed by atoms with Gasteiger partial charge in [0.05, 0.1) is 0 Å². The van der Waals surface area contributed by atoms with Crippen molar-refractivity contribution in [2.24, 2.45) is 0 Å². The van der Waals surface area contributed by atoms with E-state index in [1.807, 2.05) is 12.1 Å². The molecule has 22 heavy (non-hydrogen) atoms. The molecule has 1 nitrogen and oxygen atoms in total. The molecule has 2 aromatic rings. The molecule has 3 rings (SSSR count). The van der Waals surface area contributed by atoms with Crippen LogP contribution in [0.1, 0.15) is 29.9 Å². The van der Waals surface area contributed by atoms with E-state index in [2.05, 4.69) is 5.32 Å². The maximum Gasteiger partial charge on any atom is 0.127 e. The van der Waals surface area contributed by atoms with Crippen molar-refractivity contribution in [3.63, 3.8) is 0 Å². The van der Waals surface area contributed by atoms with E-state index in [9.17, 15) is 8.78 Å². The van der Waals surface area contributed by atoms with Gasteiger partial charge in [0.15, 0.2) is 0 Å². The van der Waals surface area contributed by atoms with Crippen LogP contribution in [-0.2, 0) is 0 Å². The number of halogens is 2. The first-order valence-electron chi connectivity index (χ1n) is 7.58. The lowest BCUT2D eigenvalue weighted by molar-refractivity contribution is 0.455. The van der Waals surface area contributed by atoms with E-state index in [0.717, 1.165) is 35.7 Å². The van der Waals surface area contributed by atoms with Crippen LogP contribution in [0, 0.1) is 18.6 Å². The van der Waals surface area contributed by atoms with E-state index in [1.165, 1.54) is 29.5 Å². The third-order valence-corrected chi connectivity index (χ3v) is 5.43. The Bertz CT molecular complexity index is 666. The second-order valence-corrected chi connectivity index (χ2v) is 6.76. The van der Waals surface area contributed by atoms with Crippen LogP contribution < -0.4 is 5.32 Å². The van der Waals surface area contributed by atoms with Crippen LogP contribution in [0.4, 0.5) is 8.78 Å². The molecule has 1 saturated heterocycles. The lowest BCUT2D eigenvalue weighted by Gasteiger charge is -2.25. The summed E-state index contributed by atoms with van der Waals surface area (Å²) < 4.78 is 27.4. The third kappa shape index (κ3) is 3.33. The number of hydrogen-bond donors (Lipinski definition) is 1. The molecule has 1 fully saturated rings. The van der Waals surface area contributed by atoms with Gasteiger partial charge in [-0.2, -0.15) is 0 Å². The fourth-order valence-corrected chi connectivity index (χ4v) is 4.04. The highest BCUT2D eigenvalue weighted by molar-refractivity contribution is 7.99. The van der Waals surface area contributed by atoms with Gasteiger partial charge in [-0.15, -0.1) is 0 Å². The molecule has 0 bridgehead atoms. The SMILES string of the molecule is Cc1c(F)cccc1Sc1cc(F)ccc1C1CCNCC1. The van der Waals surface area contributed by atoms with Crippen LogP contribution >= 0.6 is 11.8 Å². The summed E-state index contributed by atoms with van der Waals surface area (Å²) in [4.78, 5) is 1.75. The highest BCUT2D eigenvalue weighted by Crippen LogP contribution is 2.39. The average Bonchev–Trinajstić information content (AvgIpc) is 2.53. The minimum atomic E-state index is -0.241. The van der Waals surface area contributed by atoms with Crippen LogP contribution in [-0.4, -0.2) is 13.1 Å². The standard InChI is InChI=1S/C18H19F2NS/c1-12-16(20)3-2-4-17(12)22-18-11-14(19)5-6-15(18)13-7-9-21-10-8-13/h2-6,11,13,21H,7-10H2,1H3. The van der Waals surface area contributed by atoms with Gasteiger partial charge in [0.2, 0.25) is 0 Å². The first-order chi connectivity index (χ1) is 10.6. The van der Waals surface area contributed by atoms with E-state index in [4.69, 9.17) is 0 Å². The average molecular weight is 319 g/mol. The predicted molar refractivity (Wildman–Crippen MR) is 86.5 cm³/mol. The van der Waals surface area contributed by atoms with Gasteiger partial charge in [0, 0.05) is 9.79 Å². The molecular formula is C18H19F2NS. The monoisotopic (exact) mass is 319 g/mol. The predicted octanol–water partition coefficient (Wildman–Crippen LogP) is 4.89. The van der Waals surface area contributed by atoms with Gasteiger partial charge in [0.1, 0.15) is 11.6 Å².